The Morgan fingerprint density at radius 1 is 0.328 bits per heavy atom. The fourth-order valence-electron chi connectivity index (χ4n) is 20.5. The van der Waals surface area contributed by atoms with E-state index < -0.39 is 48.1 Å². The maximum atomic E-state index is 10.9. The SMILES string of the molecule is C=C1[C@@H](n2ccc3c(N)ncnc32)[C@@H]2OC(C)(C)O[C@@H]2[C@H]1CCc1ccc2cc(Br)c(Cl)nc2c1.C=C1[C@@H](n2ccc3c(N)ncnc32)[C@@H]2OC(C)(C)O[C@@H]2[C@H]1CCc1ccc2cc(Br)c(N)nc2c1.C=C1[C@@H](n2ccc3c(N)ncnc32)[C@H](O)[C@H](O)[C@H]1CCc1ccc2cc(Br)c(Cl)nc2c1.C=C1[C@@H](n2ccc3c(N)ncnc32)[C@H](O)[C@H](O)[C@H]1CCc1ccc2cc(Br)c(N)nc2c1. The molecule has 0 unspecified atom stereocenters. The number of nitrogens with two attached hydrogens (primary N) is 6. The Labute approximate surface area is 812 Å². The summed E-state index contributed by atoms with van der Waals surface area (Å²) in [5.41, 5.74) is 50.4. The minimum absolute atomic E-state index is 0.0932. The van der Waals surface area contributed by atoms with Gasteiger partial charge in [0.05, 0.1) is 110 Å². The number of aromatic nitrogens is 16. The average molecular weight is 2100 g/mol. The molecule has 12 aromatic heterocycles. The van der Waals surface area contributed by atoms with Crippen molar-refractivity contribution in [1.29, 1.82) is 0 Å². The first kappa shape index (κ1) is 92.0. The molecule has 16 atom stereocenters. The highest BCUT2D eigenvalue weighted by molar-refractivity contribution is 9.11. The molecule has 4 saturated carbocycles. The van der Waals surface area contributed by atoms with Crippen molar-refractivity contribution in [3.63, 3.8) is 0 Å². The molecule has 16 N–H and O–H groups in total. The van der Waals surface area contributed by atoms with Crippen molar-refractivity contribution < 1.29 is 39.4 Å². The zero-order valence-electron chi connectivity index (χ0n) is 73.2. The largest absolute Gasteiger partial charge is 0.390 e. The van der Waals surface area contributed by atoms with Crippen molar-refractivity contribution in [2.75, 3.05) is 34.4 Å². The number of nitrogens with zero attached hydrogens (tertiary/aromatic N) is 16. The summed E-state index contributed by atoms with van der Waals surface area (Å²) >= 11 is 26.1. The van der Waals surface area contributed by atoms with E-state index in [0.717, 1.165) is 143 Å². The van der Waals surface area contributed by atoms with Gasteiger partial charge in [-0.1, -0.05) is 98.0 Å². The van der Waals surface area contributed by atoms with E-state index >= 15 is 0 Å². The van der Waals surface area contributed by atoms with Crippen LogP contribution in [0.2, 0.25) is 10.3 Å². The lowest BCUT2D eigenvalue weighted by molar-refractivity contribution is -0.156. The summed E-state index contributed by atoms with van der Waals surface area (Å²) in [5.74, 6) is 1.02. The van der Waals surface area contributed by atoms with Gasteiger partial charge in [-0.05, 0) is 260 Å². The van der Waals surface area contributed by atoms with Gasteiger partial charge in [0, 0.05) is 70.0 Å². The molecule has 0 radical (unpaired) electrons. The van der Waals surface area contributed by atoms with Crippen molar-refractivity contribution in [2.24, 2.45) is 23.7 Å². The monoisotopic (exact) mass is 2090 g/mol. The summed E-state index contributed by atoms with van der Waals surface area (Å²) in [6.07, 6.45) is 15.2. The first-order valence-corrected chi connectivity index (χ1v) is 47.7. The number of halogens is 6. The van der Waals surface area contributed by atoms with Crippen molar-refractivity contribution >= 4 is 210 Å². The molecular formula is C98H96Br4Cl2N22O8. The molecule has 2 saturated heterocycles. The van der Waals surface area contributed by atoms with E-state index in [-0.39, 0.29) is 60.2 Å². The van der Waals surface area contributed by atoms with Crippen LogP contribution in [0.1, 0.15) is 99.8 Å². The summed E-state index contributed by atoms with van der Waals surface area (Å²) in [4.78, 5) is 51.8. The summed E-state index contributed by atoms with van der Waals surface area (Å²) in [5, 5.41) is 51.4. The zero-order valence-corrected chi connectivity index (χ0v) is 81.1. The predicted octanol–water partition coefficient (Wildman–Crippen LogP) is 17.7. The standard InChI is InChI=1S/C26H25BrClN5O2.C26H27BrN6O2.C23H21BrClN5O2.C23H23BrN6O2/c1-13-16(7-5-14-4-6-15-11-18(27)23(28)32-19(15)10-14)21-22(35-26(2,3)34-21)20(13)33-9-8-17-24(29)30-12-31-25(17)33;1-13-16(7-5-14-4-6-15-11-18(27)24(29)32-19(15)10-14)21-22(35-26(2,3)34-21)20(13)33-9-8-17-23(28)30-12-31-25(17)33;1-11-14(5-3-12-2-4-13-9-16(24)21(25)29-17(13)8-12)19(31)20(32)18(11)30-7-6-15-22(26)27-10-28-23(15)30;1-11-14(5-3-12-2-4-13-9-16(24)22(26)29-17(13)8-12)19(31)20(32)18(11)30-7-6-15-21(25)27-10-28-23(15)30/h4,6,8-12,16,20-22H,1,5,7H2,2-3H3,(H2,29,30,31);4,6,8-12,16,20-22H,1,5,7H2,2-3H3,(H2,29,32)(H2,28,30,31);2,4,6-10,14,18-20,31-32H,1,3,5H2,(H2,26,27,28);2,4,6-10,14,18-20,31-32H,1,3,5H2,(H2,26,29)(H2,25,27,28)/t2*16-,20+,21+,22-;2*14-,18+,19+,20-/m0000/s1. The number of aliphatic hydroxyl groups excluding tert-OH is 4. The van der Waals surface area contributed by atoms with Crippen molar-refractivity contribution in [2.45, 2.75) is 164 Å². The predicted molar refractivity (Wildman–Crippen MR) is 536 cm³/mol. The molecule has 22 rings (SSSR count). The van der Waals surface area contributed by atoms with Gasteiger partial charge >= 0.3 is 0 Å². The summed E-state index contributed by atoms with van der Waals surface area (Å²) in [7, 11) is 0. The third kappa shape index (κ3) is 17.3. The fourth-order valence-corrected chi connectivity index (χ4v) is 22.1. The number of fused-ring (bicyclic) bond motifs is 10. The van der Waals surface area contributed by atoms with Crippen LogP contribution in [0, 0.1) is 23.7 Å². The van der Waals surface area contributed by atoms with E-state index in [1.807, 2.05) is 134 Å². The molecule has 0 bridgehead atoms. The summed E-state index contributed by atoms with van der Waals surface area (Å²) in [6.45, 7) is 25.4. The molecule has 36 heteroatoms. The van der Waals surface area contributed by atoms with E-state index in [4.69, 9.17) is 76.6 Å². The number of hydrogen-bond donors (Lipinski definition) is 10. The third-order valence-electron chi connectivity index (χ3n) is 27.0. The van der Waals surface area contributed by atoms with Gasteiger partial charge in [0.2, 0.25) is 0 Å². The van der Waals surface area contributed by atoms with Crippen LogP contribution >= 0.6 is 86.9 Å². The zero-order chi connectivity index (χ0) is 94.1. The highest BCUT2D eigenvalue weighted by Gasteiger charge is 2.58. The molecule has 30 nitrogen and oxygen atoms in total. The van der Waals surface area contributed by atoms with Crippen LogP contribution in [0.15, 0.2) is 238 Å². The van der Waals surface area contributed by atoms with E-state index in [1.54, 1.807) is 12.4 Å². The van der Waals surface area contributed by atoms with Crippen LogP contribution in [-0.4, -0.2) is 159 Å². The quantitative estimate of drug-likeness (QED) is 0.0317. The minimum atomic E-state index is -0.992. The van der Waals surface area contributed by atoms with Crippen LogP contribution < -0.4 is 34.4 Å². The first-order chi connectivity index (χ1) is 64.1. The normalized spacial score (nSPS) is 24.5. The number of aryl methyl sites for hydroxylation is 4. The second kappa shape index (κ2) is 36.5. The maximum Gasteiger partial charge on any atom is 0.163 e. The number of anilines is 6. The van der Waals surface area contributed by atoms with Crippen LogP contribution in [0.4, 0.5) is 34.9 Å². The third-order valence-corrected chi connectivity index (χ3v) is 30.5. The molecule has 14 heterocycles. The van der Waals surface area contributed by atoms with Gasteiger partial charge < -0.3 is 92.0 Å². The topological polar surface area (TPSA) is 448 Å². The Balaban J connectivity index is 0.000000115. The average Bonchev–Trinajstić information content (AvgIpc) is 1.58. The number of nitrogen functional groups attached to an aromatic ring is 6. The summed E-state index contributed by atoms with van der Waals surface area (Å²) in [6, 6.07) is 39.0. The van der Waals surface area contributed by atoms with E-state index in [2.05, 4.69) is 195 Å². The molecule has 6 fully saturated rings. The molecule has 0 amide bonds. The van der Waals surface area contributed by atoms with E-state index in [0.29, 0.717) is 93.0 Å². The van der Waals surface area contributed by atoms with Gasteiger partial charge in [0.25, 0.3) is 0 Å². The lowest BCUT2D eigenvalue weighted by Crippen LogP contribution is -2.29. The van der Waals surface area contributed by atoms with Gasteiger partial charge in [-0.25, -0.2) is 59.8 Å². The van der Waals surface area contributed by atoms with Gasteiger partial charge in [0.1, 0.15) is 118 Å². The Kier molecular flexibility index (Phi) is 25.1. The number of rotatable bonds is 16. The molecule has 134 heavy (non-hydrogen) atoms. The Morgan fingerprint density at radius 3 is 0.896 bits per heavy atom. The smallest absolute Gasteiger partial charge is 0.163 e. The highest BCUT2D eigenvalue weighted by Crippen LogP contribution is 2.55. The Hall–Kier alpha value is -11.1. The van der Waals surface area contributed by atoms with Crippen molar-refractivity contribution in [1.82, 2.24) is 78.1 Å². The maximum absolute atomic E-state index is 10.9. The van der Waals surface area contributed by atoms with Crippen LogP contribution in [-0.2, 0) is 44.6 Å². The number of benzene rings is 4. The fraction of sp³-hybridized carbons (Fsp3) is 0.306. The lowest BCUT2D eigenvalue weighted by Gasteiger charge is -2.26. The Morgan fingerprint density at radius 2 is 0.590 bits per heavy atom. The molecule has 6 aliphatic rings. The molecule has 4 aromatic carbocycles. The second-order valence-corrected chi connectivity index (χ2v) is 40.1. The molecule has 4 aliphatic carbocycles. The van der Waals surface area contributed by atoms with Crippen LogP contribution in [0.25, 0.3) is 87.7 Å². The Bertz CT molecular complexity index is 6970. The number of hydrogen-bond acceptors (Lipinski definition) is 26. The van der Waals surface area contributed by atoms with E-state index in [1.165, 1.54) is 36.4 Å². The molecule has 0 spiro atoms. The second-order valence-electron chi connectivity index (χ2n) is 36.0. The van der Waals surface area contributed by atoms with Crippen LogP contribution in [0.5, 0.6) is 0 Å². The lowest BCUT2D eigenvalue weighted by atomic mass is 9.92. The first-order valence-electron chi connectivity index (χ1n) is 43.8. The molecule has 688 valence electrons. The van der Waals surface area contributed by atoms with Crippen molar-refractivity contribution in [3.8, 4) is 0 Å². The van der Waals surface area contributed by atoms with Crippen LogP contribution in [0.3, 0.4) is 0 Å². The summed E-state index contributed by atoms with van der Waals surface area (Å²) < 4.78 is 36.7. The van der Waals surface area contributed by atoms with Gasteiger partial charge in [-0.2, -0.15) is 0 Å². The molecule has 16 aromatic rings. The van der Waals surface area contributed by atoms with Gasteiger partial charge in [-0.3, -0.25) is 0 Å². The number of ether oxygens (including phenoxy) is 4. The van der Waals surface area contributed by atoms with Gasteiger partial charge in [-0.15, -0.1) is 0 Å². The molecular weight excluding hydrogens is 2000 g/mol. The van der Waals surface area contributed by atoms with Gasteiger partial charge in [0.15, 0.2) is 11.6 Å². The minimum Gasteiger partial charge on any atom is -0.390 e. The molecule has 2 aliphatic heterocycles. The number of aliphatic hydroxyl groups is 4. The number of pyridine rings is 4. The highest BCUT2D eigenvalue weighted by atomic mass is 79.9. The van der Waals surface area contributed by atoms with Crippen molar-refractivity contribution in [3.05, 3.63) is 270 Å². The van der Waals surface area contributed by atoms with E-state index in [9.17, 15) is 20.4 Å².